The van der Waals surface area contributed by atoms with Gasteiger partial charge in [0.2, 0.25) is 0 Å². The molecule has 0 bridgehead atoms. The molecule has 3 nitrogen and oxygen atoms in total. The Morgan fingerprint density at radius 1 is 1.86 bits per heavy atom. The lowest BCUT2D eigenvalue weighted by atomic mass is 10.6. The van der Waals surface area contributed by atoms with Crippen molar-refractivity contribution in [3.63, 3.8) is 0 Å². The third kappa shape index (κ3) is 0.806. The molecule has 0 atom stereocenters. The molecule has 0 unspecified atom stereocenters. The van der Waals surface area contributed by atoms with Gasteiger partial charge in [0, 0.05) is 5.37 Å². The Hall–Kier alpha value is -0.770. The van der Waals surface area contributed by atoms with Crippen molar-refractivity contribution in [1.82, 2.24) is 15.4 Å². The lowest BCUT2D eigenvalue weighted by Crippen LogP contribution is -1.74. The fourth-order valence-corrected chi connectivity index (χ4v) is 0.381. The standard InChI is InChI=1S/C3H3N3S/c7-2-3-1-4-6-5-3/h1-2H,(H,4,5,6). The zero-order valence-electron chi connectivity index (χ0n) is 3.46. The molecule has 36 valence electrons. The van der Waals surface area contributed by atoms with Gasteiger partial charge in [0.1, 0.15) is 5.69 Å². The van der Waals surface area contributed by atoms with Crippen molar-refractivity contribution >= 4 is 17.6 Å². The van der Waals surface area contributed by atoms with Gasteiger partial charge in [-0.05, 0) is 0 Å². The molecule has 1 aromatic heterocycles. The van der Waals surface area contributed by atoms with Crippen LogP contribution < -0.4 is 0 Å². The Morgan fingerprint density at radius 3 is 3.00 bits per heavy atom. The second kappa shape index (κ2) is 1.79. The van der Waals surface area contributed by atoms with Crippen molar-refractivity contribution in [2.45, 2.75) is 0 Å². The first-order valence-electron chi connectivity index (χ1n) is 1.74. The van der Waals surface area contributed by atoms with E-state index >= 15 is 0 Å². The van der Waals surface area contributed by atoms with Gasteiger partial charge in [-0.3, -0.25) is 0 Å². The molecule has 1 heterocycles. The molecule has 0 radical (unpaired) electrons. The topological polar surface area (TPSA) is 41.6 Å². The Kier molecular flexibility index (Phi) is 1.12. The summed E-state index contributed by atoms with van der Waals surface area (Å²) in [5.41, 5.74) is 0.704. The second-order valence-electron chi connectivity index (χ2n) is 1.01. The minimum Gasteiger partial charge on any atom is -0.197 e. The molecule has 0 saturated carbocycles. The smallest absolute Gasteiger partial charge is 0.116 e. The number of hydrogen-bond acceptors (Lipinski definition) is 3. The molecule has 0 aromatic carbocycles. The van der Waals surface area contributed by atoms with Gasteiger partial charge in [-0.25, -0.2) is 0 Å². The van der Waals surface area contributed by atoms with Gasteiger partial charge in [0.25, 0.3) is 0 Å². The lowest BCUT2D eigenvalue weighted by molar-refractivity contribution is 0.938. The van der Waals surface area contributed by atoms with Crippen LogP contribution in [0, 0.1) is 0 Å². The van der Waals surface area contributed by atoms with Crippen LogP contribution in [-0.4, -0.2) is 20.8 Å². The van der Waals surface area contributed by atoms with E-state index in [0.29, 0.717) is 5.69 Å². The summed E-state index contributed by atoms with van der Waals surface area (Å²) in [6.45, 7) is 0. The summed E-state index contributed by atoms with van der Waals surface area (Å²) in [5, 5.41) is 11.0. The molecule has 0 fully saturated rings. The van der Waals surface area contributed by atoms with Crippen LogP contribution >= 0.6 is 12.2 Å². The van der Waals surface area contributed by atoms with Crippen molar-refractivity contribution in [2.24, 2.45) is 0 Å². The number of H-pyrrole nitrogens is 1. The number of thiocarbonyl (C=S) groups is 1. The van der Waals surface area contributed by atoms with E-state index in [1.807, 2.05) is 0 Å². The molecular weight excluding hydrogens is 110 g/mol. The van der Waals surface area contributed by atoms with E-state index in [1.54, 1.807) is 6.20 Å². The van der Waals surface area contributed by atoms with Crippen LogP contribution in [0.25, 0.3) is 0 Å². The van der Waals surface area contributed by atoms with E-state index in [1.165, 1.54) is 5.37 Å². The van der Waals surface area contributed by atoms with E-state index in [9.17, 15) is 0 Å². The van der Waals surface area contributed by atoms with Gasteiger partial charge in [0.05, 0.1) is 6.20 Å². The number of hydrogen-bond donors (Lipinski definition) is 1. The van der Waals surface area contributed by atoms with Crippen LogP contribution in [-0.2, 0) is 0 Å². The summed E-state index contributed by atoms with van der Waals surface area (Å²) in [6.07, 6.45) is 1.56. The number of aromatic nitrogens is 3. The summed E-state index contributed by atoms with van der Waals surface area (Å²) >= 11 is 4.52. The molecule has 0 amide bonds. The molecule has 7 heavy (non-hydrogen) atoms. The van der Waals surface area contributed by atoms with Gasteiger partial charge >= 0.3 is 0 Å². The number of nitrogens with one attached hydrogen (secondary N) is 1. The van der Waals surface area contributed by atoms with Crippen LogP contribution in [0.2, 0.25) is 0 Å². The Bertz CT molecular complexity index is 145. The number of nitrogens with zero attached hydrogens (tertiary/aromatic N) is 2. The molecule has 0 saturated heterocycles. The molecular formula is C3H3N3S. The monoisotopic (exact) mass is 113 g/mol. The minimum atomic E-state index is 0.704. The average Bonchev–Trinajstić information content (AvgIpc) is 2.14. The van der Waals surface area contributed by atoms with Crippen molar-refractivity contribution in [3.8, 4) is 0 Å². The van der Waals surface area contributed by atoms with Crippen molar-refractivity contribution in [2.75, 3.05) is 0 Å². The van der Waals surface area contributed by atoms with Gasteiger partial charge in [-0.2, -0.15) is 15.4 Å². The third-order valence-electron chi connectivity index (χ3n) is 0.554. The largest absolute Gasteiger partial charge is 0.197 e. The summed E-state index contributed by atoms with van der Waals surface area (Å²) in [5.74, 6) is 0. The fourth-order valence-electron chi connectivity index (χ4n) is 0.267. The molecule has 0 aliphatic rings. The number of rotatable bonds is 1. The van der Waals surface area contributed by atoms with Crippen LogP contribution in [0.4, 0.5) is 0 Å². The zero-order valence-corrected chi connectivity index (χ0v) is 4.27. The molecule has 0 aliphatic carbocycles. The molecule has 0 spiro atoms. The van der Waals surface area contributed by atoms with Gasteiger partial charge in [-0.1, -0.05) is 12.2 Å². The maximum atomic E-state index is 4.52. The Balaban J connectivity index is 2.96. The molecule has 1 rings (SSSR count). The summed E-state index contributed by atoms with van der Waals surface area (Å²) in [6, 6.07) is 0. The Labute approximate surface area is 45.7 Å². The van der Waals surface area contributed by atoms with Crippen LogP contribution in [0.5, 0.6) is 0 Å². The van der Waals surface area contributed by atoms with Gasteiger partial charge < -0.3 is 0 Å². The summed E-state index contributed by atoms with van der Waals surface area (Å²) in [7, 11) is 0. The highest BCUT2D eigenvalue weighted by molar-refractivity contribution is 7.79. The average molecular weight is 113 g/mol. The Morgan fingerprint density at radius 2 is 2.71 bits per heavy atom. The molecule has 0 aliphatic heterocycles. The van der Waals surface area contributed by atoms with E-state index in [-0.39, 0.29) is 0 Å². The van der Waals surface area contributed by atoms with E-state index in [0.717, 1.165) is 0 Å². The first-order chi connectivity index (χ1) is 3.43. The van der Waals surface area contributed by atoms with E-state index < -0.39 is 0 Å². The minimum absolute atomic E-state index is 0.704. The highest BCUT2D eigenvalue weighted by Crippen LogP contribution is 1.78. The maximum absolute atomic E-state index is 4.52. The maximum Gasteiger partial charge on any atom is 0.116 e. The lowest BCUT2D eigenvalue weighted by Gasteiger charge is -1.65. The van der Waals surface area contributed by atoms with Crippen molar-refractivity contribution < 1.29 is 0 Å². The normalized spacial score (nSPS) is 8.57. The molecule has 4 heteroatoms. The summed E-state index contributed by atoms with van der Waals surface area (Å²) < 4.78 is 0. The van der Waals surface area contributed by atoms with Crippen molar-refractivity contribution in [1.29, 1.82) is 0 Å². The molecule has 1 aromatic rings. The summed E-state index contributed by atoms with van der Waals surface area (Å²) in [4.78, 5) is 0. The van der Waals surface area contributed by atoms with Crippen molar-refractivity contribution in [3.05, 3.63) is 11.9 Å². The van der Waals surface area contributed by atoms with Gasteiger partial charge in [0.15, 0.2) is 0 Å². The van der Waals surface area contributed by atoms with Crippen LogP contribution in [0.15, 0.2) is 6.20 Å². The first-order valence-corrected chi connectivity index (χ1v) is 2.21. The highest BCUT2D eigenvalue weighted by Gasteiger charge is 1.82. The second-order valence-corrected chi connectivity index (χ2v) is 1.25. The van der Waals surface area contributed by atoms with E-state index in [4.69, 9.17) is 0 Å². The van der Waals surface area contributed by atoms with E-state index in [2.05, 4.69) is 27.6 Å². The number of aromatic amines is 1. The first kappa shape index (κ1) is 4.39. The highest BCUT2D eigenvalue weighted by atomic mass is 32.1. The fraction of sp³-hybridized carbons (Fsp3) is 0. The third-order valence-corrected chi connectivity index (χ3v) is 0.796. The SMILES string of the molecule is S=Cc1cn[nH]n1. The predicted molar refractivity (Wildman–Crippen MR) is 29.1 cm³/mol. The van der Waals surface area contributed by atoms with Gasteiger partial charge in [-0.15, -0.1) is 0 Å². The quantitative estimate of drug-likeness (QED) is 0.527. The van der Waals surface area contributed by atoms with Crippen LogP contribution in [0.1, 0.15) is 5.69 Å². The molecule has 1 N–H and O–H groups in total. The van der Waals surface area contributed by atoms with Crippen LogP contribution in [0.3, 0.4) is 0 Å². The predicted octanol–water partition coefficient (Wildman–Crippen LogP) is 0.152. The zero-order chi connectivity index (χ0) is 5.11.